The number of carbonyl (C=O) groups is 2. The molecule has 192 valence electrons. The largest absolute Gasteiger partial charge is 0.493 e. The second-order valence-electron chi connectivity index (χ2n) is 8.52. The van der Waals surface area contributed by atoms with Gasteiger partial charge in [0.05, 0.1) is 12.2 Å². The van der Waals surface area contributed by atoms with Crippen molar-refractivity contribution in [3.8, 4) is 5.75 Å². The molecule has 2 atom stereocenters. The summed E-state index contributed by atoms with van der Waals surface area (Å²) in [5.41, 5.74) is 0.623. The number of rotatable bonds is 8. The van der Waals surface area contributed by atoms with Crippen LogP contribution in [0.4, 0.5) is 13.2 Å². The number of alkyl halides is 3. The molecule has 0 unspecified atom stereocenters. The molecule has 2 N–H and O–H groups in total. The minimum absolute atomic E-state index is 0.252. The van der Waals surface area contributed by atoms with Crippen LogP contribution in [0, 0.1) is 5.92 Å². The second-order valence-corrected chi connectivity index (χ2v) is 8.52. The topological polar surface area (TPSA) is 87.1 Å². The third-order valence-electron chi connectivity index (χ3n) is 5.93. The molecule has 1 saturated heterocycles. The predicted octanol–water partition coefficient (Wildman–Crippen LogP) is 5.54. The highest BCUT2D eigenvalue weighted by molar-refractivity contribution is 6.27. The molecule has 0 bridgehead atoms. The van der Waals surface area contributed by atoms with Crippen LogP contribution in [0.3, 0.4) is 0 Å². The summed E-state index contributed by atoms with van der Waals surface area (Å²) in [6, 6.07) is 15.6. The zero-order valence-corrected chi connectivity index (χ0v) is 19.7. The Hall–Kier alpha value is -3.07. The first-order valence-corrected chi connectivity index (χ1v) is 11.6. The number of halogens is 3. The van der Waals surface area contributed by atoms with Crippen molar-refractivity contribution < 1.29 is 37.7 Å². The predicted molar refractivity (Wildman–Crippen MR) is 125 cm³/mol. The number of ether oxygens (including phenoxy) is 1. The lowest BCUT2D eigenvalue weighted by Crippen LogP contribution is -2.42. The second kappa shape index (κ2) is 13.7. The highest BCUT2D eigenvalue weighted by atomic mass is 19.4. The number of carboxylic acid groups (broad SMARTS) is 2. The van der Waals surface area contributed by atoms with E-state index in [4.69, 9.17) is 24.5 Å². The summed E-state index contributed by atoms with van der Waals surface area (Å²) in [7, 11) is 0. The number of unbranched alkanes of at least 4 members (excludes halogenated alkanes) is 2. The van der Waals surface area contributed by atoms with E-state index in [1.165, 1.54) is 30.9 Å². The Kier molecular flexibility index (Phi) is 11.0. The van der Waals surface area contributed by atoms with Gasteiger partial charge in [-0.05, 0) is 55.6 Å². The normalized spacial score (nSPS) is 18.3. The maximum Gasteiger partial charge on any atom is 0.416 e. The van der Waals surface area contributed by atoms with E-state index in [1.54, 1.807) is 6.07 Å². The molecule has 2 aromatic carbocycles. The molecule has 0 saturated carbocycles. The number of hydrogen-bond acceptors (Lipinski definition) is 4. The molecule has 0 aromatic heterocycles. The molecule has 2 aromatic rings. The van der Waals surface area contributed by atoms with Gasteiger partial charge in [-0.1, -0.05) is 56.2 Å². The summed E-state index contributed by atoms with van der Waals surface area (Å²) in [5, 5.41) is 14.8. The molecular weight excluding hydrogens is 463 g/mol. The van der Waals surface area contributed by atoms with Gasteiger partial charge in [0.15, 0.2) is 0 Å². The highest BCUT2D eigenvalue weighted by Crippen LogP contribution is 2.35. The number of nitrogens with zero attached hydrogens (tertiary/aromatic N) is 1. The van der Waals surface area contributed by atoms with E-state index < -0.39 is 23.7 Å². The van der Waals surface area contributed by atoms with E-state index in [-0.39, 0.29) is 11.7 Å². The van der Waals surface area contributed by atoms with Crippen molar-refractivity contribution in [3.05, 3.63) is 65.7 Å². The van der Waals surface area contributed by atoms with Gasteiger partial charge in [-0.3, -0.25) is 0 Å². The molecule has 0 amide bonds. The average molecular weight is 496 g/mol. The molecule has 35 heavy (non-hydrogen) atoms. The Bertz CT molecular complexity index is 924. The Labute approximate surface area is 203 Å². The third kappa shape index (κ3) is 9.60. The standard InChI is InChI=1S/C24H30F3NO.C2H2O4/c1-2-3-7-14-28-15-13-23(19-9-5-4-6-10-19)20(17-28)18-29-22-12-8-11-21(16-22)24(25,26)27;3-1(4)2(5)6/h4-6,8-12,16,20,23H,2-3,7,13-15,17-18H2,1H3;(H,3,4)(H,5,6)/t20-,23-;/m1./s1. The van der Waals surface area contributed by atoms with Gasteiger partial charge in [0.25, 0.3) is 0 Å². The van der Waals surface area contributed by atoms with Gasteiger partial charge in [-0.25, -0.2) is 9.59 Å². The minimum Gasteiger partial charge on any atom is -0.493 e. The zero-order chi connectivity index (χ0) is 25.8. The van der Waals surface area contributed by atoms with Crippen molar-refractivity contribution in [3.63, 3.8) is 0 Å². The summed E-state index contributed by atoms with van der Waals surface area (Å²) >= 11 is 0. The monoisotopic (exact) mass is 495 g/mol. The molecule has 0 spiro atoms. The Morgan fingerprint density at radius 2 is 1.71 bits per heavy atom. The number of benzene rings is 2. The first kappa shape index (κ1) is 28.2. The summed E-state index contributed by atoms with van der Waals surface area (Å²) < 4.78 is 44.8. The van der Waals surface area contributed by atoms with Gasteiger partial charge >= 0.3 is 18.1 Å². The molecule has 1 aliphatic heterocycles. The molecule has 1 heterocycles. The Morgan fingerprint density at radius 1 is 1.03 bits per heavy atom. The zero-order valence-electron chi connectivity index (χ0n) is 19.7. The molecule has 0 radical (unpaired) electrons. The number of piperidine rings is 1. The molecule has 1 fully saturated rings. The molecule has 0 aliphatic carbocycles. The minimum atomic E-state index is -4.35. The fourth-order valence-corrected chi connectivity index (χ4v) is 4.17. The first-order chi connectivity index (χ1) is 16.6. The number of hydrogen-bond donors (Lipinski definition) is 2. The number of likely N-dealkylation sites (tertiary alicyclic amines) is 1. The van der Waals surface area contributed by atoms with Crippen LogP contribution in [0.1, 0.15) is 49.7 Å². The smallest absolute Gasteiger partial charge is 0.416 e. The van der Waals surface area contributed by atoms with Gasteiger partial charge < -0.3 is 19.8 Å². The van der Waals surface area contributed by atoms with Crippen molar-refractivity contribution in [2.24, 2.45) is 5.92 Å². The van der Waals surface area contributed by atoms with Crippen LogP contribution in [0.5, 0.6) is 5.75 Å². The molecule has 6 nitrogen and oxygen atoms in total. The van der Waals surface area contributed by atoms with Crippen LogP contribution in [0.2, 0.25) is 0 Å². The van der Waals surface area contributed by atoms with Crippen molar-refractivity contribution in [2.45, 2.75) is 44.7 Å². The van der Waals surface area contributed by atoms with E-state index in [0.29, 0.717) is 12.5 Å². The lowest BCUT2D eigenvalue weighted by atomic mass is 9.81. The summed E-state index contributed by atoms with van der Waals surface area (Å²) in [5.74, 6) is -2.74. The third-order valence-corrected chi connectivity index (χ3v) is 5.93. The van der Waals surface area contributed by atoms with E-state index in [0.717, 1.165) is 38.2 Å². The van der Waals surface area contributed by atoms with Crippen LogP contribution in [0.25, 0.3) is 0 Å². The van der Waals surface area contributed by atoms with Crippen LogP contribution in [0.15, 0.2) is 54.6 Å². The quantitative estimate of drug-likeness (QED) is 0.370. The molecule has 9 heteroatoms. The molecule has 3 rings (SSSR count). The summed E-state index contributed by atoms with van der Waals surface area (Å²) in [4.78, 5) is 20.7. The number of aliphatic carboxylic acids is 2. The van der Waals surface area contributed by atoms with Gasteiger partial charge in [-0.2, -0.15) is 13.2 Å². The van der Waals surface area contributed by atoms with E-state index in [1.807, 2.05) is 18.2 Å². The van der Waals surface area contributed by atoms with Crippen LogP contribution in [-0.4, -0.2) is 53.3 Å². The summed E-state index contributed by atoms with van der Waals surface area (Å²) in [6.45, 7) is 5.68. The Balaban J connectivity index is 0.000000641. The fraction of sp³-hybridized carbons (Fsp3) is 0.462. The first-order valence-electron chi connectivity index (χ1n) is 11.6. The van der Waals surface area contributed by atoms with Crippen molar-refractivity contribution in [1.82, 2.24) is 4.90 Å². The van der Waals surface area contributed by atoms with Gasteiger partial charge in [-0.15, -0.1) is 0 Å². The highest BCUT2D eigenvalue weighted by Gasteiger charge is 2.32. The maximum absolute atomic E-state index is 13.0. The lowest BCUT2D eigenvalue weighted by molar-refractivity contribution is -0.159. The SMILES string of the molecule is CCCCCN1CC[C@H](c2ccccc2)[C@@H](COc2cccc(C(F)(F)F)c2)C1.O=C(O)C(=O)O. The molecular formula is C26H32F3NO5. The van der Waals surface area contributed by atoms with Crippen molar-refractivity contribution in [1.29, 1.82) is 0 Å². The van der Waals surface area contributed by atoms with Gasteiger partial charge in [0, 0.05) is 12.5 Å². The van der Waals surface area contributed by atoms with E-state index >= 15 is 0 Å². The maximum atomic E-state index is 13.0. The Morgan fingerprint density at radius 3 is 2.31 bits per heavy atom. The van der Waals surface area contributed by atoms with Gasteiger partial charge in [0.1, 0.15) is 5.75 Å². The summed E-state index contributed by atoms with van der Waals surface area (Å²) in [6.07, 6.45) is 0.305. The van der Waals surface area contributed by atoms with Crippen LogP contribution >= 0.6 is 0 Å². The average Bonchev–Trinajstić information content (AvgIpc) is 2.83. The van der Waals surface area contributed by atoms with Crippen LogP contribution < -0.4 is 4.74 Å². The fourth-order valence-electron chi connectivity index (χ4n) is 4.17. The lowest BCUT2D eigenvalue weighted by Gasteiger charge is -2.39. The molecule has 1 aliphatic rings. The van der Waals surface area contributed by atoms with Crippen molar-refractivity contribution in [2.75, 3.05) is 26.2 Å². The van der Waals surface area contributed by atoms with Gasteiger partial charge in [0.2, 0.25) is 0 Å². The van der Waals surface area contributed by atoms with E-state index in [2.05, 4.69) is 24.0 Å². The van der Waals surface area contributed by atoms with Crippen molar-refractivity contribution >= 4 is 11.9 Å². The van der Waals surface area contributed by atoms with E-state index in [9.17, 15) is 13.2 Å². The number of carboxylic acids is 2. The van der Waals surface area contributed by atoms with Crippen LogP contribution in [-0.2, 0) is 15.8 Å².